The van der Waals surface area contributed by atoms with Gasteiger partial charge in [0.2, 0.25) is 5.95 Å². The van der Waals surface area contributed by atoms with E-state index in [1.807, 2.05) is 0 Å². The van der Waals surface area contributed by atoms with Gasteiger partial charge in [-0.05, 0) is 6.07 Å². The Balaban J connectivity index is 2.63. The molecule has 0 atom stereocenters. The van der Waals surface area contributed by atoms with Crippen molar-refractivity contribution in [3.05, 3.63) is 12.3 Å². The first-order valence-corrected chi connectivity index (χ1v) is 4.17. The van der Waals surface area contributed by atoms with Crippen LogP contribution in [0.4, 0.5) is 11.8 Å². The Morgan fingerprint density at radius 1 is 1.47 bits per heavy atom. The van der Waals surface area contributed by atoms with Gasteiger partial charge in [-0.3, -0.25) is 4.79 Å². The highest BCUT2D eigenvalue weighted by molar-refractivity contribution is 5.88. The van der Waals surface area contributed by atoms with Gasteiger partial charge in [0.15, 0.2) is 0 Å². The Hall–Kier alpha value is -2.31. The number of aromatic nitrogens is 3. The van der Waals surface area contributed by atoms with Crippen molar-refractivity contribution in [2.24, 2.45) is 0 Å². The first-order chi connectivity index (χ1) is 7.08. The highest BCUT2D eigenvalue weighted by Crippen LogP contribution is 2.19. The fraction of sp³-hybridized carbons (Fsp3) is 0.125. The predicted molar refractivity (Wildman–Crippen MR) is 54.0 cm³/mol. The van der Waals surface area contributed by atoms with E-state index in [1.54, 1.807) is 12.3 Å². The first kappa shape index (κ1) is 9.25. The number of hydrogen-bond donors (Lipinski definition) is 3. The summed E-state index contributed by atoms with van der Waals surface area (Å²) >= 11 is 0. The van der Waals surface area contributed by atoms with Crippen LogP contribution in [0.1, 0.15) is 0 Å². The molecule has 0 aliphatic rings. The third kappa shape index (κ3) is 1.54. The second-order valence-corrected chi connectivity index (χ2v) is 3.04. The van der Waals surface area contributed by atoms with Crippen LogP contribution in [0, 0.1) is 0 Å². The van der Waals surface area contributed by atoms with Crippen molar-refractivity contribution in [3.8, 4) is 0 Å². The standard InChI is InChI=1S/C8H9N5O2/c9-6-4-1-2-13(3-5(14)15)7(4)12-8(10)11-6/h1-2H,3H2,(H,14,15)(H4,9,10,11,12). The highest BCUT2D eigenvalue weighted by Gasteiger charge is 2.09. The van der Waals surface area contributed by atoms with Crippen LogP contribution in [-0.2, 0) is 11.3 Å². The molecule has 0 aliphatic carbocycles. The molecular formula is C8H9N5O2. The van der Waals surface area contributed by atoms with Crippen LogP contribution in [0.5, 0.6) is 0 Å². The fourth-order valence-electron chi connectivity index (χ4n) is 1.38. The van der Waals surface area contributed by atoms with Gasteiger partial charge < -0.3 is 21.1 Å². The molecule has 0 amide bonds. The van der Waals surface area contributed by atoms with Crippen molar-refractivity contribution in [2.75, 3.05) is 11.5 Å². The van der Waals surface area contributed by atoms with E-state index in [0.29, 0.717) is 11.0 Å². The van der Waals surface area contributed by atoms with Crippen LogP contribution in [0.25, 0.3) is 11.0 Å². The average Bonchev–Trinajstić information content (AvgIpc) is 2.48. The fourth-order valence-corrected chi connectivity index (χ4v) is 1.38. The molecule has 2 rings (SSSR count). The molecule has 0 fully saturated rings. The smallest absolute Gasteiger partial charge is 0.323 e. The second-order valence-electron chi connectivity index (χ2n) is 3.04. The Morgan fingerprint density at radius 3 is 2.87 bits per heavy atom. The van der Waals surface area contributed by atoms with Crippen molar-refractivity contribution >= 4 is 28.8 Å². The Morgan fingerprint density at radius 2 is 2.20 bits per heavy atom. The van der Waals surface area contributed by atoms with Gasteiger partial charge in [0, 0.05) is 6.20 Å². The molecule has 0 saturated heterocycles. The molecule has 0 aliphatic heterocycles. The summed E-state index contributed by atoms with van der Waals surface area (Å²) < 4.78 is 1.45. The van der Waals surface area contributed by atoms with Gasteiger partial charge in [0.1, 0.15) is 18.0 Å². The molecule has 7 heteroatoms. The molecule has 0 unspecified atom stereocenters. The maximum absolute atomic E-state index is 10.6. The number of nitrogens with two attached hydrogens (primary N) is 2. The number of carboxylic acid groups (broad SMARTS) is 1. The summed E-state index contributed by atoms with van der Waals surface area (Å²) in [6.45, 7) is -0.181. The van der Waals surface area contributed by atoms with Crippen molar-refractivity contribution in [3.63, 3.8) is 0 Å². The van der Waals surface area contributed by atoms with Crippen molar-refractivity contribution < 1.29 is 9.90 Å². The molecule has 0 saturated carbocycles. The zero-order valence-electron chi connectivity index (χ0n) is 7.71. The number of carboxylic acids is 1. The van der Waals surface area contributed by atoms with E-state index in [-0.39, 0.29) is 18.3 Å². The summed E-state index contributed by atoms with van der Waals surface area (Å²) in [4.78, 5) is 18.3. The largest absolute Gasteiger partial charge is 0.480 e. The molecule has 2 aromatic heterocycles. The number of aliphatic carboxylic acids is 1. The van der Waals surface area contributed by atoms with Gasteiger partial charge in [0.05, 0.1) is 5.39 Å². The monoisotopic (exact) mass is 207 g/mol. The quantitative estimate of drug-likeness (QED) is 0.620. The van der Waals surface area contributed by atoms with Crippen LogP contribution in [0.2, 0.25) is 0 Å². The van der Waals surface area contributed by atoms with Crippen molar-refractivity contribution in [2.45, 2.75) is 6.54 Å². The molecular weight excluding hydrogens is 198 g/mol. The Bertz CT molecular complexity index is 533. The minimum Gasteiger partial charge on any atom is -0.480 e. The molecule has 78 valence electrons. The summed E-state index contributed by atoms with van der Waals surface area (Å²) in [5.41, 5.74) is 11.5. The third-order valence-electron chi connectivity index (χ3n) is 1.97. The molecule has 15 heavy (non-hydrogen) atoms. The van der Waals surface area contributed by atoms with E-state index < -0.39 is 5.97 Å². The Kier molecular flexibility index (Phi) is 1.93. The van der Waals surface area contributed by atoms with Gasteiger partial charge >= 0.3 is 5.97 Å². The van der Waals surface area contributed by atoms with Crippen LogP contribution in [0.3, 0.4) is 0 Å². The van der Waals surface area contributed by atoms with E-state index in [0.717, 1.165) is 0 Å². The lowest BCUT2D eigenvalue weighted by Gasteiger charge is -2.02. The summed E-state index contributed by atoms with van der Waals surface area (Å²) in [5, 5.41) is 9.26. The molecule has 5 N–H and O–H groups in total. The number of nitrogen functional groups attached to an aromatic ring is 2. The molecule has 7 nitrogen and oxygen atoms in total. The van der Waals surface area contributed by atoms with Gasteiger partial charge in [-0.1, -0.05) is 0 Å². The molecule has 0 bridgehead atoms. The van der Waals surface area contributed by atoms with E-state index in [4.69, 9.17) is 16.6 Å². The van der Waals surface area contributed by atoms with E-state index >= 15 is 0 Å². The van der Waals surface area contributed by atoms with Gasteiger partial charge in [-0.15, -0.1) is 0 Å². The number of hydrogen-bond acceptors (Lipinski definition) is 5. The van der Waals surface area contributed by atoms with Gasteiger partial charge in [-0.25, -0.2) is 0 Å². The van der Waals surface area contributed by atoms with Crippen molar-refractivity contribution in [1.29, 1.82) is 0 Å². The lowest BCUT2D eigenvalue weighted by Crippen LogP contribution is -2.09. The van der Waals surface area contributed by atoms with E-state index in [9.17, 15) is 4.79 Å². The lowest BCUT2D eigenvalue weighted by molar-refractivity contribution is -0.137. The first-order valence-electron chi connectivity index (χ1n) is 4.17. The number of carbonyl (C=O) groups is 1. The molecule has 2 aromatic rings. The lowest BCUT2D eigenvalue weighted by atomic mass is 10.4. The summed E-state index contributed by atoms with van der Waals surface area (Å²) in [6.07, 6.45) is 1.59. The van der Waals surface area contributed by atoms with Crippen LogP contribution in [0.15, 0.2) is 12.3 Å². The molecule has 0 radical (unpaired) electrons. The highest BCUT2D eigenvalue weighted by atomic mass is 16.4. The van der Waals surface area contributed by atoms with Gasteiger partial charge in [-0.2, -0.15) is 9.97 Å². The average molecular weight is 207 g/mol. The normalized spacial score (nSPS) is 10.7. The predicted octanol–water partition coefficient (Wildman–Crippen LogP) is -0.320. The summed E-state index contributed by atoms with van der Waals surface area (Å²) in [7, 11) is 0. The summed E-state index contributed by atoms with van der Waals surface area (Å²) in [6, 6.07) is 1.66. The maximum Gasteiger partial charge on any atom is 0.323 e. The molecule has 0 spiro atoms. The minimum absolute atomic E-state index is 0.0327. The van der Waals surface area contributed by atoms with Crippen LogP contribution >= 0.6 is 0 Å². The van der Waals surface area contributed by atoms with E-state index in [2.05, 4.69) is 9.97 Å². The Labute approximate surface area is 84.3 Å². The maximum atomic E-state index is 10.6. The number of fused-ring (bicyclic) bond motifs is 1. The molecule has 2 heterocycles. The SMILES string of the molecule is Nc1nc(N)c2ccn(CC(=O)O)c2n1. The number of rotatable bonds is 2. The third-order valence-corrected chi connectivity index (χ3v) is 1.97. The van der Waals surface area contributed by atoms with Crippen LogP contribution < -0.4 is 11.5 Å². The number of anilines is 2. The zero-order valence-corrected chi connectivity index (χ0v) is 7.71. The second kappa shape index (κ2) is 3.12. The minimum atomic E-state index is -0.955. The molecule has 0 aromatic carbocycles. The summed E-state index contributed by atoms with van der Waals surface area (Å²) in [5.74, 6) is -0.671. The number of nitrogens with zero attached hydrogens (tertiary/aromatic N) is 3. The van der Waals surface area contributed by atoms with Crippen LogP contribution in [-0.4, -0.2) is 25.6 Å². The van der Waals surface area contributed by atoms with Crippen molar-refractivity contribution in [1.82, 2.24) is 14.5 Å². The topological polar surface area (TPSA) is 120 Å². The zero-order chi connectivity index (χ0) is 11.0. The van der Waals surface area contributed by atoms with Gasteiger partial charge in [0.25, 0.3) is 0 Å². The van der Waals surface area contributed by atoms with E-state index in [1.165, 1.54) is 4.57 Å².